The lowest BCUT2D eigenvalue weighted by Crippen LogP contribution is -2.40. The van der Waals surface area contributed by atoms with Gasteiger partial charge in [0.05, 0.1) is 11.2 Å². The van der Waals surface area contributed by atoms with Gasteiger partial charge >= 0.3 is 0 Å². The molecular weight excluding hydrogens is 246 g/mol. The second-order valence-electron chi connectivity index (χ2n) is 6.18. The topological polar surface area (TPSA) is 42.1 Å². The first kappa shape index (κ1) is 13.4. The summed E-state index contributed by atoms with van der Waals surface area (Å²) >= 11 is 0. The van der Waals surface area contributed by atoms with Gasteiger partial charge in [0, 0.05) is 30.2 Å². The molecule has 0 amide bonds. The molecule has 0 spiro atoms. The van der Waals surface area contributed by atoms with Crippen molar-refractivity contribution in [3.8, 4) is 0 Å². The van der Waals surface area contributed by atoms with Crippen LogP contribution >= 0.6 is 0 Å². The molecule has 2 aromatic rings. The van der Waals surface area contributed by atoms with E-state index < -0.39 is 0 Å². The van der Waals surface area contributed by atoms with Crippen molar-refractivity contribution < 1.29 is 0 Å². The number of anilines is 1. The minimum Gasteiger partial charge on any atom is -0.398 e. The number of nitrogen functional groups attached to an aromatic ring is 1. The van der Waals surface area contributed by atoms with E-state index in [4.69, 9.17) is 10.7 Å². The fraction of sp³-hybridized carbons (Fsp3) is 0.471. The lowest BCUT2D eigenvalue weighted by molar-refractivity contribution is 0.116. The monoisotopic (exact) mass is 269 g/mol. The average Bonchev–Trinajstić information content (AvgIpc) is 2.43. The lowest BCUT2D eigenvalue weighted by atomic mass is 9.95. The summed E-state index contributed by atoms with van der Waals surface area (Å²) in [6, 6.07) is 10.8. The molecule has 1 fully saturated rings. The van der Waals surface area contributed by atoms with Crippen molar-refractivity contribution in [2.75, 3.05) is 12.3 Å². The molecule has 2 N–H and O–H groups in total. The van der Waals surface area contributed by atoms with Crippen molar-refractivity contribution in [1.29, 1.82) is 0 Å². The van der Waals surface area contributed by atoms with E-state index in [9.17, 15) is 0 Å². The van der Waals surface area contributed by atoms with Gasteiger partial charge in [-0.25, -0.2) is 0 Å². The largest absolute Gasteiger partial charge is 0.398 e. The third-order valence-corrected chi connectivity index (χ3v) is 4.41. The van der Waals surface area contributed by atoms with Gasteiger partial charge in [0.25, 0.3) is 0 Å². The Morgan fingerprint density at radius 2 is 2.05 bits per heavy atom. The summed E-state index contributed by atoms with van der Waals surface area (Å²) in [5.74, 6) is 0.781. The predicted molar refractivity (Wildman–Crippen MR) is 84.4 cm³/mol. The Labute approximate surface area is 120 Å². The summed E-state index contributed by atoms with van der Waals surface area (Å²) < 4.78 is 0. The smallest absolute Gasteiger partial charge is 0.0726 e. The second kappa shape index (κ2) is 5.41. The highest BCUT2D eigenvalue weighted by Crippen LogP contribution is 2.25. The van der Waals surface area contributed by atoms with Gasteiger partial charge in [-0.15, -0.1) is 0 Å². The van der Waals surface area contributed by atoms with Crippen molar-refractivity contribution in [3.63, 3.8) is 0 Å². The first-order chi connectivity index (χ1) is 9.63. The van der Waals surface area contributed by atoms with Crippen molar-refractivity contribution in [3.05, 3.63) is 36.0 Å². The Morgan fingerprint density at radius 1 is 1.25 bits per heavy atom. The SMILES string of the molecule is CC1CCC(C)N(Cc2cc(N)c3ccccc3n2)C1. The zero-order chi connectivity index (χ0) is 14.1. The number of rotatable bonds is 2. The minimum absolute atomic E-state index is 0.640. The normalized spacial score (nSPS) is 24.1. The number of hydrogen-bond donors (Lipinski definition) is 1. The van der Waals surface area contributed by atoms with E-state index in [1.54, 1.807) is 0 Å². The zero-order valence-corrected chi connectivity index (χ0v) is 12.3. The van der Waals surface area contributed by atoms with Crippen LogP contribution in [-0.4, -0.2) is 22.5 Å². The Kier molecular flexibility index (Phi) is 3.62. The zero-order valence-electron chi connectivity index (χ0n) is 12.3. The van der Waals surface area contributed by atoms with Crippen LogP contribution in [0.25, 0.3) is 10.9 Å². The number of benzene rings is 1. The lowest BCUT2D eigenvalue weighted by Gasteiger charge is -2.36. The third kappa shape index (κ3) is 2.63. The molecule has 1 aromatic heterocycles. The van der Waals surface area contributed by atoms with Crippen LogP contribution in [0.3, 0.4) is 0 Å². The molecule has 1 aliphatic rings. The van der Waals surface area contributed by atoms with Crippen LogP contribution in [0, 0.1) is 5.92 Å². The number of nitrogens with zero attached hydrogens (tertiary/aromatic N) is 2. The van der Waals surface area contributed by atoms with Gasteiger partial charge in [0.1, 0.15) is 0 Å². The summed E-state index contributed by atoms with van der Waals surface area (Å²) in [5.41, 5.74) is 9.09. The number of piperidine rings is 1. The number of para-hydroxylation sites is 1. The maximum Gasteiger partial charge on any atom is 0.0726 e. The van der Waals surface area contributed by atoms with Gasteiger partial charge in [-0.1, -0.05) is 25.1 Å². The molecule has 20 heavy (non-hydrogen) atoms. The fourth-order valence-corrected chi connectivity index (χ4v) is 3.15. The van der Waals surface area contributed by atoms with Gasteiger partial charge in [-0.05, 0) is 37.8 Å². The molecule has 0 aliphatic carbocycles. The molecule has 3 heteroatoms. The Morgan fingerprint density at radius 3 is 2.90 bits per heavy atom. The van der Waals surface area contributed by atoms with Gasteiger partial charge < -0.3 is 5.73 Å². The maximum atomic E-state index is 6.17. The quantitative estimate of drug-likeness (QED) is 0.908. The van der Waals surface area contributed by atoms with Crippen molar-refractivity contribution in [1.82, 2.24) is 9.88 Å². The Balaban J connectivity index is 1.87. The molecule has 1 aliphatic heterocycles. The molecule has 3 nitrogen and oxygen atoms in total. The molecule has 106 valence electrons. The van der Waals surface area contributed by atoms with E-state index in [-0.39, 0.29) is 0 Å². The van der Waals surface area contributed by atoms with Crippen LogP contribution < -0.4 is 5.73 Å². The summed E-state index contributed by atoms with van der Waals surface area (Å²) in [5, 5.41) is 1.05. The van der Waals surface area contributed by atoms with Crippen LogP contribution in [0.15, 0.2) is 30.3 Å². The molecule has 2 heterocycles. The number of nitrogens with two attached hydrogens (primary N) is 1. The molecule has 0 bridgehead atoms. The van der Waals surface area contributed by atoms with Crippen molar-refractivity contribution in [2.24, 2.45) is 5.92 Å². The Bertz CT molecular complexity index is 608. The Hall–Kier alpha value is -1.61. The summed E-state index contributed by atoms with van der Waals surface area (Å²) in [6.45, 7) is 6.72. The van der Waals surface area contributed by atoms with Crippen LogP contribution in [0.1, 0.15) is 32.4 Å². The molecule has 3 rings (SSSR count). The molecule has 0 radical (unpaired) electrons. The maximum absolute atomic E-state index is 6.17. The minimum atomic E-state index is 0.640. The van der Waals surface area contributed by atoms with Gasteiger partial charge in [0.15, 0.2) is 0 Å². The number of hydrogen-bond acceptors (Lipinski definition) is 3. The molecule has 2 atom stereocenters. The highest BCUT2D eigenvalue weighted by Gasteiger charge is 2.23. The fourth-order valence-electron chi connectivity index (χ4n) is 3.15. The number of likely N-dealkylation sites (tertiary alicyclic amines) is 1. The molecule has 1 aromatic carbocycles. The van der Waals surface area contributed by atoms with E-state index >= 15 is 0 Å². The number of pyridine rings is 1. The predicted octanol–water partition coefficient (Wildman–Crippen LogP) is 3.44. The van der Waals surface area contributed by atoms with Gasteiger partial charge in [0.2, 0.25) is 0 Å². The molecule has 1 saturated heterocycles. The van der Waals surface area contributed by atoms with Crippen molar-refractivity contribution >= 4 is 16.6 Å². The van der Waals surface area contributed by atoms with Gasteiger partial charge in [-0.2, -0.15) is 0 Å². The summed E-state index contributed by atoms with van der Waals surface area (Å²) in [6.07, 6.45) is 2.62. The summed E-state index contributed by atoms with van der Waals surface area (Å²) in [4.78, 5) is 7.30. The molecular formula is C17H23N3. The first-order valence-corrected chi connectivity index (χ1v) is 7.51. The highest BCUT2D eigenvalue weighted by molar-refractivity contribution is 5.90. The average molecular weight is 269 g/mol. The third-order valence-electron chi connectivity index (χ3n) is 4.41. The van der Waals surface area contributed by atoms with Crippen LogP contribution in [0.4, 0.5) is 5.69 Å². The number of fused-ring (bicyclic) bond motifs is 1. The first-order valence-electron chi connectivity index (χ1n) is 7.51. The van der Waals surface area contributed by atoms with Crippen LogP contribution in [0.5, 0.6) is 0 Å². The van der Waals surface area contributed by atoms with E-state index in [1.165, 1.54) is 12.8 Å². The molecule has 2 unspecified atom stereocenters. The molecule has 0 saturated carbocycles. The van der Waals surface area contributed by atoms with E-state index in [0.29, 0.717) is 6.04 Å². The summed E-state index contributed by atoms with van der Waals surface area (Å²) in [7, 11) is 0. The highest BCUT2D eigenvalue weighted by atomic mass is 15.2. The standard InChI is InChI=1S/C17H23N3/c1-12-7-8-13(2)20(10-12)11-14-9-16(18)15-5-3-4-6-17(15)19-14/h3-6,9,12-13H,7-8,10-11H2,1-2H3,(H2,18,19). The van der Waals surface area contributed by atoms with Crippen LogP contribution in [-0.2, 0) is 6.54 Å². The van der Waals surface area contributed by atoms with E-state index in [0.717, 1.165) is 41.3 Å². The van der Waals surface area contributed by atoms with E-state index in [1.807, 2.05) is 30.3 Å². The van der Waals surface area contributed by atoms with Crippen molar-refractivity contribution in [2.45, 2.75) is 39.3 Å². The second-order valence-corrected chi connectivity index (χ2v) is 6.18. The van der Waals surface area contributed by atoms with E-state index in [2.05, 4.69) is 18.7 Å². The van der Waals surface area contributed by atoms with Gasteiger partial charge in [-0.3, -0.25) is 9.88 Å². The number of aromatic nitrogens is 1. The van der Waals surface area contributed by atoms with Crippen LogP contribution in [0.2, 0.25) is 0 Å².